The van der Waals surface area contributed by atoms with E-state index in [1.165, 1.54) is 0 Å². The number of rotatable bonds is 7. The van der Waals surface area contributed by atoms with Gasteiger partial charge in [-0.25, -0.2) is 0 Å². The number of aliphatic hydroxyl groups is 2. The molecule has 0 saturated heterocycles. The molecule has 102 valence electrons. The standard InChI is InChI=1S/C15H24O3/c1-4-13(16)12-9-7-8-10-14(12)18-11-15(17,5-2)6-3/h7-10,13,16-17H,4-6,11H2,1-3H3. The van der Waals surface area contributed by atoms with Crippen molar-refractivity contribution in [1.29, 1.82) is 0 Å². The smallest absolute Gasteiger partial charge is 0.125 e. The van der Waals surface area contributed by atoms with Crippen LogP contribution in [0.1, 0.15) is 51.7 Å². The van der Waals surface area contributed by atoms with Gasteiger partial charge in [0.1, 0.15) is 12.4 Å². The molecule has 1 unspecified atom stereocenters. The van der Waals surface area contributed by atoms with Gasteiger partial charge in [-0.2, -0.15) is 0 Å². The molecule has 0 aliphatic carbocycles. The van der Waals surface area contributed by atoms with Crippen molar-refractivity contribution >= 4 is 0 Å². The van der Waals surface area contributed by atoms with Crippen molar-refractivity contribution in [3.8, 4) is 5.75 Å². The molecule has 18 heavy (non-hydrogen) atoms. The summed E-state index contributed by atoms with van der Waals surface area (Å²) < 4.78 is 5.70. The molecular formula is C15H24O3. The predicted molar refractivity (Wildman–Crippen MR) is 72.7 cm³/mol. The third-order valence-corrected chi connectivity index (χ3v) is 3.48. The van der Waals surface area contributed by atoms with Crippen LogP contribution in [0.25, 0.3) is 0 Å². The minimum absolute atomic E-state index is 0.257. The number of para-hydroxylation sites is 1. The zero-order valence-corrected chi connectivity index (χ0v) is 11.5. The second-order valence-electron chi connectivity index (χ2n) is 4.68. The monoisotopic (exact) mass is 252 g/mol. The summed E-state index contributed by atoms with van der Waals surface area (Å²) in [6.07, 6.45) is 1.44. The summed E-state index contributed by atoms with van der Waals surface area (Å²) in [5.41, 5.74) is -0.000796. The molecule has 1 aromatic carbocycles. The Balaban J connectivity index is 2.78. The van der Waals surface area contributed by atoms with Gasteiger partial charge >= 0.3 is 0 Å². The van der Waals surface area contributed by atoms with Gasteiger partial charge in [-0.1, -0.05) is 39.0 Å². The quantitative estimate of drug-likeness (QED) is 0.784. The Morgan fingerprint density at radius 1 is 1.17 bits per heavy atom. The average Bonchev–Trinajstić information content (AvgIpc) is 2.44. The van der Waals surface area contributed by atoms with Crippen molar-refractivity contribution in [1.82, 2.24) is 0 Å². The van der Waals surface area contributed by atoms with Crippen molar-refractivity contribution < 1.29 is 14.9 Å². The van der Waals surface area contributed by atoms with Crippen LogP contribution < -0.4 is 4.74 Å². The summed E-state index contributed by atoms with van der Waals surface area (Å²) in [6, 6.07) is 7.45. The van der Waals surface area contributed by atoms with Crippen molar-refractivity contribution in [3.05, 3.63) is 29.8 Å². The van der Waals surface area contributed by atoms with Crippen LogP contribution in [0.2, 0.25) is 0 Å². The largest absolute Gasteiger partial charge is 0.490 e. The molecule has 0 aliphatic rings. The van der Waals surface area contributed by atoms with E-state index in [1.54, 1.807) is 0 Å². The second-order valence-corrected chi connectivity index (χ2v) is 4.68. The van der Waals surface area contributed by atoms with Crippen LogP contribution in [0.3, 0.4) is 0 Å². The van der Waals surface area contributed by atoms with E-state index >= 15 is 0 Å². The lowest BCUT2D eigenvalue weighted by Gasteiger charge is -2.26. The van der Waals surface area contributed by atoms with Crippen molar-refractivity contribution in [2.75, 3.05) is 6.61 Å². The predicted octanol–water partition coefficient (Wildman–Crippen LogP) is 3.06. The molecule has 0 saturated carbocycles. The van der Waals surface area contributed by atoms with Crippen LogP contribution in [0.4, 0.5) is 0 Å². The molecule has 1 aromatic rings. The molecule has 0 fully saturated rings. The molecule has 0 spiro atoms. The molecule has 3 heteroatoms. The highest BCUT2D eigenvalue weighted by atomic mass is 16.5. The fourth-order valence-electron chi connectivity index (χ4n) is 1.77. The first-order chi connectivity index (χ1) is 8.56. The maximum atomic E-state index is 10.2. The zero-order chi connectivity index (χ0) is 13.6. The Hall–Kier alpha value is -1.06. The van der Waals surface area contributed by atoms with Crippen molar-refractivity contribution in [2.45, 2.75) is 51.7 Å². The van der Waals surface area contributed by atoms with Crippen LogP contribution in [0, 0.1) is 0 Å². The molecule has 0 radical (unpaired) electrons. The molecule has 0 aliphatic heterocycles. The van der Waals surface area contributed by atoms with Gasteiger partial charge in [0.05, 0.1) is 11.7 Å². The lowest BCUT2D eigenvalue weighted by molar-refractivity contribution is -0.0122. The molecule has 0 aromatic heterocycles. The van der Waals surface area contributed by atoms with Crippen LogP contribution in [0.5, 0.6) is 5.75 Å². The summed E-state index contributed by atoms with van der Waals surface area (Å²) in [5.74, 6) is 0.659. The van der Waals surface area contributed by atoms with E-state index < -0.39 is 11.7 Å². The molecule has 0 heterocycles. The Morgan fingerprint density at radius 3 is 2.33 bits per heavy atom. The summed E-state index contributed by atoms with van der Waals surface area (Å²) in [6.45, 7) is 6.07. The third-order valence-electron chi connectivity index (χ3n) is 3.48. The first kappa shape index (κ1) is 15.0. The summed E-state index contributed by atoms with van der Waals surface area (Å²) in [7, 11) is 0. The number of ether oxygens (including phenoxy) is 1. The fourth-order valence-corrected chi connectivity index (χ4v) is 1.77. The van der Waals surface area contributed by atoms with Crippen molar-refractivity contribution in [3.63, 3.8) is 0 Å². The minimum atomic E-state index is -0.787. The lowest BCUT2D eigenvalue weighted by Crippen LogP contribution is -2.34. The maximum Gasteiger partial charge on any atom is 0.125 e. The van der Waals surface area contributed by atoms with Crippen LogP contribution in [-0.2, 0) is 0 Å². The molecule has 0 bridgehead atoms. The second kappa shape index (κ2) is 6.76. The van der Waals surface area contributed by atoms with E-state index in [-0.39, 0.29) is 6.61 Å². The molecule has 1 atom stereocenters. The molecular weight excluding hydrogens is 228 g/mol. The van der Waals surface area contributed by atoms with Gasteiger partial charge in [-0.15, -0.1) is 0 Å². The average molecular weight is 252 g/mol. The lowest BCUT2D eigenvalue weighted by atomic mass is 9.99. The summed E-state index contributed by atoms with van der Waals surface area (Å²) >= 11 is 0. The summed E-state index contributed by atoms with van der Waals surface area (Å²) in [4.78, 5) is 0. The Kier molecular flexibility index (Phi) is 5.63. The first-order valence-electron chi connectivity index (χ1n) is 6.68. The number of hydrogen-bond acceptors (Lipinski definition) is 3. The van der Waals surface area contributed by atoms with E-state index in [1.807, 2.05) is 45.0 Å². The van der Waals surface area contributed by atoms with Gasteiger partial charge in [-0.05, 0) is 25.3 Å². The zero-order valence-electron chi connectivity index (χ0n) is 11.5. The van der Waals surface area contributed by atoms with Gasteiger partial charge in [0.25, 0.3) is 0 Å². The van der Waals surface area contributed by atoms with E-state index in [9.17, 15) is 10.2 Å². The Bertz CT molecular complexity index is 359. The normalized spacial score (nSPS) is 13.4. The van der Waals surface area contributed by atoms with Crippen LogP contribution >= 0.6 is 0 Å². The number of benzene rings is 1. The highest BCUT2D eigenvalue weighted by molar-refractivity contribution is 5.35. The summed E-state index contributed by atoms with van der Waals surface area (Å²) in [5, 5.41) is 20.1. The van der Waals surface area contributed by atoms with E-state index in [0.717, 1.165) is 5.56 Å². The maximum absolute atomic E-state index is 10.2. The van der Waals surface area contributed by atoms with Crippen LogP contribution in [0.15, 0.2) is 24.3 Å². The Labute approximate surface area is 109 Å². The van der Waals surface area contributed by atoms with Crippen LogP contribution in [-0.4, -0.2) is 22.4 Å². The van der Waals surface area contributed by atoms with E-state index in [2.05, 4.69) is 0 Å². The topological polar surface area (TPSA) is 49.7 Å². The van der Waals surface area contributed by atoms with Gasteiger partial charge in [0.2, 0.25) is 0 Å². The van der Waals surface area contributed by atoms with E-state index in [0.29, 0.717) is 25.0 Å². The van der Waals surface area contributed by atoms with Gasteiger partial charge in [0.15, 0.2) is 0 Å². The SMILES string of the molecule is CCC(O)c1ccccc1OCC(O)(CC)CC. The minimum Gasteiger partial charge on any atom is -0.490 e. The number of aliphatic hydroxyl groups excluding tert-OH is 1. The first-order valence-corrected chi connectivity index (χ1v) is 6.68. The van der Waals surface area contributed by atoms with Gasteiger partial charge in [-0.3, -0.25) is 0 Å². The fraction of sp³-hybridized carbons (Fsp3) is 0.600. The third kappa shape index (κ3) is 3.72. The molecule has 2 N–H and O–H groups in total. The number of hydrogen-bond donors (Lipinski definition) is 2. The molecule has 3 nitrogen and oxygen atoms in total. The Morgan fingerprint density at radius 2 is 1.78 bits per heavy atom. The molecule has 0 amide bonds. The van der Waals surface area contributed by atoms with Gasteiger partial charge < -0.3 is 14.9 Å². The van der Waals surface area contributed by atoms with Gasteiger partial charge in [0, 0.05) is 5.56 Å². The van der Waals surface area contributed by atoms with Crippen molar-refractivity contribution in [2.24, 2.45) is 0 Å². The highest BCUT2D eigenvalue weighted by Crippen LogP contribution is 2.28. The van der Waals surface area contributed by atoms with E-state index in [4.69, 9.17) is 4.74 Å². The molecule has 1 rings (SSSR count). The highest BCUT2D eigenvalue weighted by Gasteiger charge is 2.24.